The highest BCUT2D eigenvalue weighted by Gasteiger charge is 2.29. The van der Waals surface area contributed by atoms with E-state index >= 15 is 0 Å². The van der Waals surface area contributed by atoms with E-state index in [4.69, 9.17) is 10.5 Å². The molecule has 1 aliphatic rings. The molecule has 0 aliphatic carbocycles. The molecule has 0 saturated carbocycles. The Balaban J connectivity index is 0.000000254. The van der Waals surface area contributed by atoms with Crippen molar-refractivity contribution in [2.24, 2.45) is 15.7 Å². The van der Waals surface area contributed by atoms with Gasteiger partial charge in [-0.15, -0.1) is 0 Å². The number of hydrogen-bond donors (Lipinski definition) is 3. The zero-order valence-corrected chi connectivity index (χ0v) is 18.9. The maximum Gasteiger partial charge on any atom is 0.393 e. The Morgan fingerprint density at radius 2 is 2.06 bits per heavy atom. The first-order valence-corrected chi connectivity index (χ1v) is 10.3. The molecule has 0 unspecified atom stereocenters. The number of hydrogen-bond acceptors (Lipinski definition) is 5. The molecule has 4 N–H and O–H groups in total. The third-order valence-corrected chi connectivity index (χ3v) is 4.65. The highest BCUT2D eigenvalue weighted by molar-refractivity contribution is 5.85. The van der Waals surface area contributed by atoms with E-state index in [0.717, 1.165) is 29.5 Å². The first-order chi connectivity index (χ1) is 15.7. The quantitative estimate of drug-likeness (QED) is 0.357. The number of halogens is 3. The lowest BCUT2D eigenvalue weighted by molar-refractivity contribution is -0.126. The predicted molar refractivity (Wildman–Crippen MR) is 125 cm³/mol. The Morgan fingerprint density at radius 1 is 1.36 bits per heavy atom. The van der Waals surface area contributed by atoms with Crippen molar-refractivity contribution in [1.29, 1.82) is 0 Å². The van der Waals surface area contributed by atoms with Crippen molar-refractivity contribution in [1.82, 2.24) is 20.2 Å². The zero-order chi connectivity index (χ0) is 24.4. The molecule has 1 aromatic heterocycles. The molecule has 1 saturated heterocycles. The second-order valence-electron chi connectivity index (χ2n) is 7.31. The Morgan fingerprint density at radius 3 is 2.64 bits per heavy atom. The van der Waals surface area contributed by atoms with Gasteiger partial charge in [-0.1, -0.05) is 18.7 Å². The minimum Gasteiger partial charge on any atom is -0.383 e. The number of nitrogens with one attached hydrogen (secondary N) is 2. The summed E-state index contributed by atoms with van der Waals surface area (Å²) in [6, 6.07) is 6.23. The minimum atomic E-state index is -4.37. The molecular weight excluding hydrogens is 435 g/mol. The molecule has 0 spiro atoms. The van der Waals surface area contributed by atoms with Gasteiger partial charge in [-0.25, -0.2) is 9.98 Å². The Kier molecular flexibility index (Phi) is 9.61. The molecule has 8 nitrogen and oxygen atoms in total. The molecule has 3 rings (SSSR count). The fourth-order valence-corrected chi connectivity index (χ4v) is 3.06. The third kappa shape index (κ3) is 8.35. The van der Waals surface area contributed by atoms with Gasteiger partial charge in [-0.2, -0.15) is 18.2 Å². The number of alkyl halides is 3. The number of aryl methyl sites for hydroxylation is 1. The lowest BCUT2D eigenvalue weighted by atomic mass is 10.2. The van der Waals surface area contributed by atoms with E-state index in [9.17, 15) is 13.2 Å². The number of benzene rings is 1. The van der Waals surface area contributed by atoms with Gasteiger partial charge in [-0.3, -0.25) is 0 Å². The molecule has 11 heteroatoms. The SMILES string of the molecule is C=C/C(CC(F)(F)F)=C(N)/N=C(\N=C)N1CCOCC1.CNCc1nc2ccc(C)cc2[nH]1. The molecule has 0 bridgehead atoms. The number of ether oxygens (including phenoxy) is 1. The number of guanidine groups is 1. The fraction of sp³-hybridized carbons (Fsp3) is 0.409. The van der Waals surface area contributed by atoms with Crippen LogP contribution < -0.4 is 11.1 Å². The Labute approximate surface area is 191 Å². The van der Waals surface area contributed by atoms with Crippen LogP contribution in [0, 0.1) is 6.92 Å². The first kappa shape index (κ1) is 26.1. The van der Waals surface area contributed by atoms with Gasteiger partial charge in [0.05, 0.1) is 37.2 Å². The molecule has 33 heavy (non-hydrogen) atoms. The second-order valence-corrected chi connectivity index (χ2v) is 7.31. The monoisotopic (exact) mass is 465 g/mol. The van der Waals surface area contributed by atoms with Crippen LogP contribution in [0.4, 0.5) is 13.2 Å². The van der Waals surface area contributed by atoms with E-state index in [1.165, 1.54) is 5.56 Å². The van der Waals surface area contributed by atoms with Crippen LogP contribution in [0.3, 0.4) is 0 Å². The average Bonchev–Trinajstić information content (AvgIpc) is 3.17. The van der Waals surface area contributed by atoms with E-state index in [-0.39, 0.29) is 17.4 Å². The zero-order valence-electron chi connectivity index (χ0n) is 18.9. The van der Waals surface area contributed by atoms with Crippen LogP contribution in [0.1, 0.15) is 17.8 Å². The number of aromatic amines is 1. The number of nitrogens with two attached hydrogens (primary N) is 1. The molecule has 2 aromatic rings. The van der Waals surface area contributed by atoms with Crippen LogP contribution in [0.15, 0.2) is 52.2 Å². The van der Waals surface area contributed by atoms with Crippen LogP contribution in [0.2, 0.25) is 0 Å². The number of allylic oxidation sites excluding steroid dienone is 2. The number of H-pyrrole nitrogens is 1. The fourth-order valence-electron chi connectivity index (χ4n) is 3.06. The van der Waals surface area contributed by atoms with E-state index in [1.807, 2.05) is 13.1 Å². The topological polar surface area (TPSA) is 104 Å². The number of rotatable bonds is 5. The molecule has 2 heterocycles. The van der Waals surface area contributed by atoms with Crippen molar-refractivity contribution in [3.05, 3.63) is 53.6 Å². The summed E-state index contributed by atoms with van der Waals surface area (Å²) in [6.45, 7) is 11.6. The summed E-state index contributed by atoms with van der Waals surface area (Å²) in [5, 5.41) is 3.07. The van der Waals surface area contributed by atoms with E-state index in [2.05, 4.69) is 57.6 Å². The minimum absolute atomic E-state index is 0.187. The summed E-state index contributed by atoms with van der Waals surface area (Å²) in [5.74, 6) is 0.918. The predicted octanol–water partition coefficient (Wildman–Crippen LogP) is 3.27. The van der Waals surface area contributed by atoms with Gasteiger partial charge in [0.25, 0.3) is 0 Å². The van der Waals surface area contributed by atoms with Gasteiger partial charge < -0.3 is 25.7 Å². The van der Waals surface area contributed by atoms with Gasteiger partial charge in [0, 0.05) is 18.7 Å². The van der Waals surface area contributed by atoms with Gasteiger partial charge >= 0.3 is 6.18 Å². The molecule has 0 atom stereocenters. The number of imidazole rings is 1. The number of nitrogens with zero attached hydrogens (tertiary/aromatic N) is 4. The Bertz CT molecular complexity index is 1010. The van der Waals surface area contributed by atoms with Crippen LogP contribution in [-0.2, 0) is 11.3 Å². The lowest BCUT2D eigenvalue weighted by Gasteiger charge is -2.27. The summed E-state index contributed by atoms with van der Waals surface area (Å²) < 4.78 is 42.3. The summed E-state index contributed by atoms with van der Waals surface area (Å²) >= 11 is 0. The van der Waals surface area contributed by atoms with E-state index < -0.39 is 12.6 Å². The molecule has 1 fully saturated rings. The van der Waals surface area contributed by atoms with Crippen molar-refractivity contribution in [2.45, 2.75) is 26.1 Å². The van der Waals surface area contributed by atoms with Crippen LogP contribution in [0.5, 0.6) is 0 Å². The van der Waals surface area contributed by atoms with Crippen molar-refractivity contribution in [2.75, 3.05) is 33.4 Å². The number of aliphatic imine (C=N–C) groups is 2. The van der Waals surface area contributed by atoms with Crippen LogP contribution >= 0.6 is 0 Å². The Hall–Kier alpha value is -3.18. The number of aromatic nitrogens is 2. The van der Waals surface area contributed by atoms with Crippen LogP contribution in [0.25, 0.3) is 11.0 Å². The van der Waals surface area contributed by atoms with Crippen molar-refractivity contribution in [3.8, 4) is 0 Å². The highest BCUT2D eigenvalue weighted by Crippen LogP contribution is 2.26. The van der Waals surface area contributed by atoms with Gasteiger partial charge in [-0.05, 0) is 38.4 Å². The molecular formula is C22H30F3N7O. The largest absolute Gasteiger partial charge is 0.393 e. The smallest absolute Gasteiger partial charge is 0.383 e. The second kappa shape index (κ2) is 12.2. The van der Waals surface area contributed by atoms with Crippen molar-refractivity contribution >= 4 is 23.7 Å². The van der Waals surface area contributed by atoms with Crippen LogP contribution in [-0.4, -0.2) is 67.1 Å². The summed E-state index contributed by atoms with van der Waals surface area (Å²) in [4.78, 5) is 17.1. The van der Waals surface area contributed by atoms with Gasteiger partial charge in [0.2, 0.25) is 5.96 Å². The molecule has 1 aliphatic heterocycles. The maximum absolute atomic E-state index is 12.4. The van der Waals surface area contributed by atoms with Gasteiger partial charge in [0.1, 0.15) is 11.6 Å². The normalized spacial score (nSPS) is 15.5. The maximum atomic E-state index is 12.4. The lowest BCUT2D eigenvalue weighted by Crippen LogP contribution is -2.40. The first-order valence-electron chi connectivity index (χ1n) is 10.3. The van der Waals surface area contributed by atoms with Crippen molar-refractivity contribution < 1.29 is 17.9 Å². The van der Waals surface area contributed by atoms with E-state index in [0.29, 0.717) is 26.3 Å². The highest BCUT2D eigenvalue weighted by atomic mass is 19.4. The summed E-state index contributed by atoms with van der Waals surface area (Å²) in [5.41, 5.74) is 8.82. The van der Waals surface area contributed by atoms with Crippen molar-refractivity contribution in [3.63, 3.8) is 0 Å². The van der Waals surface area contributed by atoms with Gasteiger partial charge in [0.15, 0.2) is 0 Å². The summed E-state index contributed by atoms with van der Waals surface area (Å²) in [7, 11) is 1.92. The number of morpholine rings is 1. The average molecular weight is 466 g/mol. The molecule has 0 amide bonds. The summed E-state index contributed by atoms with van der Waals surface area (Å²) in [6.07, 6.45) is -4.50. The molecule has 180 valence electrons. The third-order valence-electron chi connectivity index (χ3n) is 4.65. The molecule has 0 radical (unpaired) electrons. The van der Waals surface area contributed by atoms with E-state index in [1.54, 1.807) is 4.90 Å². The number of fused-ring (bicyclic) bond motifs is 1. The molecule has 1 aromatic carbocycles. The standard InChI is InChI=1S/C12H17F3N4O.C10H13N3/c1-3-9(8-12(13,14)15)10(16)18-11(17-2)19-4-6-20-7-5-19;1-7-3-4-8-9(5-7)13-10(12-8)6-11-2/h3H,1-2,4-8,16H2;3-5,11H,6H2,1-2H3,(H,12,13)/b10-9-,18-11+;.